The van der Waals surface area contributed by atoms with Gasteiger partial charge in [0, 0.05) is 0 Å². The fourth-order valence-corrected chi connectivity index (χ4v) is 7.47. The first-order valence-corrected chi connectivity index (χ1v) is 17.1. The number of hydrogen-bond acceptors (Lipinski definition) is 7. The summed E-state index contributed by atoms with van der Waals surface area (Å²) in [5.74, 6) is 0.966. The van der Waals surface area contributed by atoms with Crippen molar-refractivity contribution >= 4 is 50.1 Å². The van der Waals surface area contributed by atoms with Crippen LogP contribution in [-0.2, 0) is 16.1 Å². The summed E-state index contributed by atoms with van der Waals surface area (Å²) in [5, 5.41) is 2.28. The van der Waals surface area contributed by atoms with E-state index in [1.165, 1.54) is 16.9 Å². The number of halogens is 1. The Balaban J connectivity index is 1.39. The minimum atomic E-state index is -0.667. The molecule has 0 saturated carbocycles. The predicted octanol–water partition coefficient (Wildman–Crippen LogP) is 7.43. The molecule has 5 aromatic rings. The lowest BCUT2D eigenvalue weighted by Gasteiger charge is -2.25. The van der Waals surface area contributed by atoms with Gasteiger partial charge in [-0.2, -0.15) is 0 Å². The van der Waals surface area contributed by atoms with Gasteiger partial charge in [0.25, 0.3) is 5.56 Å². The number of allylic oxidation sites excluding steroid dienone is 1. The van der Waals surface area contributed by atoms with Crippen LogP contribution in [0.3, 0.4) is 0 Å². The fourth-order valence-electron chi connectivity index (χ4n) is 5.85. The van der Waals surface area contributed by atoms with Gasteiger partial charge in [-0.1, -0.05) is 91.9 Å². The molecule has 0 fully saturated rings. The largest absolute Gasteiger partial charge is 0.493 e. The third kappa shape index (κ3) is 6.42. The fraction of sp³-hybridized carbons (Fsp3) is 0.237. The molecule has 1 atom stereocenters. The number of carbonyl (C=O) groups excluding carboxylic acids is 1. The number of benzene rings is 4. The van der Waals surface area contributed by atoms with Gasteiger partial charge in [0.1, 0.15) is 6.61 Å². The van der Waals surface area contributed by atoms with Crippen LogP contribution in [0.15, 0.2) is 104 Å². The van der Waals surface area contributed by atoms with Crippen molar-refractivity contribution in [3.63, 3.8) is 0 Å². The maximum atomic E-state index is 14.1. The number of ether oxygens (including phenoxy) is 3. The zero-order valence-electron chi connectivity index (χ0n) is 26.9. The van der Waals surface area contributed by atoms with Gasteiger partial charge < -0.3 is 14.2 Å². The van der Waals surface area contributed by atoms with Gasteiger partial charge in [-0.3, -0.25) is 9.36 Å². The molecule has 240 valence electrons. The lowest BCUT2D eigenvalue weighted by atomic mass is 9.93. The summed E-state index contributed by atoms with van der Waals surface area (Å²) in [7, 11) is 1.59. The molecule has 6 rings (SSSR count). The highest BCUT2D eigenvalue weighted by Crippen LogP contribution is 2.38. The van der Waals surface area contributed by atoms with E-state index in [0.29, 0.717) is 49.1 Å². The normalized spacial score (nSPS) is 14.7. The van der Waals surface area contributed by atoms with Crippen LogP contribution in [0, 0.1) is 0 Å². The summed E-state index contributed by atoms with van der Waals surface area (Å²) in [5.41, 5.74) is 4.45. The van der Waals surface area contributed by atoms with Crippen LogP contribution in [0.2, 0.25) is 0 Å². The maximum Gasteiger partial charge on any atom is 0.338 e. The molecular formula is C38H35BrN2O5S. The number of esters is 1. The zero-order valence-corrected chi connectivity index (χ0v) is 29.3. The highest BCUT2D eigenvalue weighted by atomic mass is 79.9. The standard InChI is InChI=1S/C38H35BrN2O5S/c1-6-45-37(43)33-23(4)40-38-41(34(33)27-16-14-25(15-17-27)22(2)3)36(42)32(47-38)20-24-18-30(39)35(31(19-24)44-5)46-21-28-12-9-11-26-10-7-8-13-29(26)28/h7-20,22,34H,6,21H2,1-5H3. The number of carbonyl (C=O) groups is 1. The minimum Gasteiger partial charge on any atom is -0.493 e. The van der Waals surface area contributed by atoms with E-state index in [1.807, 2.05) is 60.7 Å². The topological polar surface area (TPSA) is 79.1 Å². The second-order valence-corrected chi connectivity index (χ2v) is 13.4. The van der Waals surface area contributed by atoms with E-state index in [0.717, 1.165) is 27.5 Å². The summed E-state index contributed by atoms with van der Waals surface area (Å²) in [4.78, 5) is 32.6. The molecule has 0 spiro atoms. The Morgan fingerprint density at radius 3 is 2.53 bits per heavy atom. The van der Waals surface area contributed by atoms with Crippen LogP contribution in [-0.4, -0.2) is 24.3 Å². The van der Waals surface area contributed by atoms with Crippen molar-refractivity contribution in [2.24, 2.45) is 4.99 Å². The van der Waals surface area contributed by atoms with Crippen molar-refractivity contribution in [2.75, 3.05) is 13.7 Å². The van der Waals surface area contributed by atoms with Gasteiger partial charge in [0.15, 0.2) is 16.3 Å². The quantitative estimate of drug-likeness (QED) is 0.149. The van der Waals surface area contributed by atoms with Gasteiger partial charge in [-0.25, -0.2) is 9.79 Å². The van der Waals surface area contributed by atoms with Crippen molar-refractivity contribution in [3.8, 4) is 11.5 Å². The molecule has 1 aliphatic heterocycles. The monoisotopic (exact) mass is 710 g/mol. The lowest BCUT2D eigenvalue weighted by Crippen LogP contribution is -2.39. The molecule has 2 heterocycles. The minimum absolute atomic E-state index is 0.220. The molecule has 0 aliphatic carbocycles. The van der Waals surface area contributed by atoms with Gasteiger partial charge in [-0.15, -0.1) is 0 Å². The number of nitrogens with zero attached hydrogens (tertiary/aromatic N) is 2. The van der Waals surface area contributed by atoms with Gasteiger partial charge >= 0.3 is 5.97 Å². The second-order valence-electron chi connectivity index (χ2n) is 11.6. The van der Waals surface area contributed by atoms with E-state index in [2.05, 4.69) is 54.0 Å². The van der Waals surface area contributed by atoms with Crippen molar-refractivity contribution in [2.45, 2.75) is 46.3 Å². The molecule has 1 aromatic heterocycles. The summed E-state index contributed by atoms with van der Waals surface area (Å²) in [6, 6.07) is 25.5. The first-order chi connectivity index (χ1) is 22.7. The predicted molar refractivity (Wildman–Crippen MR) is 190 cm³/mol. The van der Waals surface area contributed by atoms with Crippen LogP contribution < -0.4 is 24.4 Å². The Hall–Kier alpha value is -4.47. The highest BCUT2D eigenvalue weighted by molar-refractivity contribution is 9.10. The third-order valence-electron chi connectivity index (χ3n) is 8.24. The number of rotatable bonds is 9. The summed E-state index contributed by atoms with van der Waals surface area (Å²) >= 11 is 4.95. The van der Waals surface area contributed by atoms with E-state index in [9.17, 15) is 9.59 Å². The molecule has 0 N–H and O–H groups in total. The molecule has 1 unspecified atom stereocenters. The van der Waals surface area contributed by atoms with E-state index < -0.39 is 12.0 Å². The molecule has 0 saturated heterocycles. The molecule has 47 heavy (non-hydrogen) atoms. The average Bonchev–Trinajstić information content (AvgIpc) is 3.36. The molecule has 1 aliphatic rings. The summed E-state index contributed by atoms with van der Waals surface area (Å²) < 4.78 is 20.2. The number of aromatic nitrogens is 1. The lowest BCUT2D eigenvalue weighted by molar-refractivity contribution is -0.139. The van der Waals surface area contributed by atoms with Crippen molar-refractivity contribution in [1.29, 1.82) is 0 Å². The van der Waals surface area contributed by atoms with Gasteiger partial charge in [0.05, 0.1) is 40.0 Å². The number of methoxy groups -OCH3 is 1. The van der Waals surface area contributed by atoms with E-state index in [4.69, 9.17) is 19.2 Å². The molecule has 9 heteroatoms. The van der Waals surface area contributed by atoms with Gasteiger partial charge in [0.2, 0.25) is 0 Å². The Kier molecular flexibility index (Phi) is 9.47. The maximum absolute atomic E-state index is 14.1. The summed E-state index contributed by atoms with van der Waals surface area (Å²) in [6.45, 7) is 8.39. The van der Waals surface area contributed by atoms with Crippen molar-refractivity contribution in [1.82, 2.24) is 4.57 Å². The molecule has 7 nitrogen and oxygen atoms in total. The summed E-state index contributed by atoms with van der Waals surface area (Å²) in [6.07, 6.45) is 1.81. The molecule has 0 amide bonds. The highest BCUT2D eigenvalue weighted by Gasteiger charge is 2.33. The number of thiazole rings is 1. The average molecular weight is 712 g/mol. The number of hydrogen-bond donors (Lipinski definition) is 0. The van der Waals surface area contributed by atoms with Crippen molar-refractivity contribution in [3.05, 3.63) is 137 Å². The van der Waals surface area contributed by atoms with E-state index in [1.54, 1.807) is 25.5 Å². The Morgan fingerprint density at radius 1 is 1.06 bits per heavy atom. The van der Waals surface area contributed by atoms with Crippen LogP contribution in [0.5, 0.6) is 11.5 Å². The van der Waals surface area contributed by atoms with E-state index >= 15 is 0 Å². The Labute approximate surface area is 285 Å². The van der Waals surface area contributed by atoms with Crippen LogP contribution in [0.1, 0.15) is 61.9 Å². The SMILES string of the molecule is CCOC(=O)C1=C(C)N=c2sc(=Cc3cc(Br)c(OCc4cccc5ccccc45)c(OC)c3)c(=O)n2C1c1ccc(C(C)C)cc1. The molecule has 4 aromatic carbocycles. The smallest absolute Gasteiger partial charge is 0.338 e. The van der Waals surface area contributed by atoms with Gasteiger partial charge in [-0.05, 0) is 86.9 Å². The number of fused-ring (bicyclic) bond motifs is 2. The zero-order chi connectivity index (χ0) is 33.2. The molecular weight excluding hydrogens is 676 g/mol. The van der Waals surface area contributed by atoms with Crippen LogP contribution >= 0.6 is 27.3 Å². The van der Waals surface area contributed by atoms with E-state index in [-0.39, 0.29) is 12.2 Å². The second kappa shape index (κ2) is 13.7. The third-order valence-corrected chi connectivity index (χ3v) is 9.81. The van der Waals surface area contributed by atoms with Crippen molar-refractivity contribution < 1.29 is 19.0 Å². The molecule has 0 radical (unpaired) electrons. The van der Waals surface area contributed by atoms with Crippen LogP contribution in [0.4, 0.5) is 0 Å². The molecule has 0 bridgehead atoms. The Bertz CT molecular complexity index is 2190. The Morgan fingerprint density at radius 2 is 1.81 bits per heavy atom. The van der Waals surface area contributed by atoms with Crippen LogP contribution in [0.25, 0.3) is 16.8 Å². The first kappa shape index (κ1) is 32.5. The first-order valence-electron chi connectivity index (χ1n) is 15.5.